The molecule has 1 saturated heterocycles. The largest absolute Gasteiger partial charge is 0.394 e. The predicted molar refractivity (Wildman–Crippen MR) is 123 cm³/mol. The fourth-order valence-electron chi connectivity index (χ4n) is 4.07. The molecule has 0 aliphatic carbocycles. The number of nitrogens with one attached hydrogen (secondary N) is 2. The summed E-state index contributed by atoms with van der Waals surface area (Å²) >= 11 is 0. The quantitative estimate of drug-likeness (QED) is 0.242. The van der Waals surface area contributed by atoms with Crippen molar-refractivity contribution < 1.29 is 24.9 Å². The Labute approximate surface area is 199 Å². The lowest BCUT2D eigenvalue weighted by atomic mass is 10.1. The average molecular weight is 479 g/mol. The van der Waals surface area contributed by atoms with Gasteiger partial charge in [-0.25, -0.2) is 19.9 Å². The molecule has 5 N–H and O–H groups in total. The molecule has 2 unspecified atom stereocenters. The first-order valence-corrected chi connectivity index (χ1v) is 11.3. The summed E-state index contributed by atoms with van der Waals surface area (Å²) in [7, 11) is 0. The number of aliphatic hydroxyl groups is 3. The normalized spacial score (nSPS) is 22.0. The number of fused-ring (bicyclic) bond motifs is 1. The van der Waals surface area contributed by atoms with E-state index in [1.54, 1.807) is 36.7 Å². The van der Waals surface area contributed by atoms with Gasteiger partial charge in [0.25, 0.3) is 5.91 Å². The minimum atomic E-state index is -1.30. The van der Waals surface area contributed by atoms with E-state index >= 15 is 0 Å². The lowest BCUT2D eigenvalue weighted by molar-refractivity contribution is -0.0511. The molecule has 182 valence electrons. The molecule has 4 aromatic rings. The zero-order chi connectivity index (χ0) is 24.4. The molecule has 0 saturated carbocycles. The van der Waals surface area contributed by atoms with Crippen molar-refractivity contribution in [2.75, 3.05) is 11.9 Å². The molecular formula is C23H25N7O5. The maximum Gasteiger partial charge on any atom is 0.256 e. The highest BCUT2D eigenvalue weighted by molar-refractivity contribution is 6.06. The molecule has 35 heavy (non-hydrogen) atoms. The Kier molecular flexibility index (Phi) is 6.51. The number of amides is 1. The number of hydrogen-bond acceptors (Lipinski definition) is 9. The maximum absolute atomic E-state index is 12.8. The van der Waals surface area contributed by atoms with Crippen LogP contribution in [0.4, 0.5) is 5.82 Å². The Morgan fingerprint density at radius 1 is 1.11 bits per heavy atom. The number of aryl methyl sites for hydroxylation is 2. The Morgan fingerprint density at radius 2 is 1.94 bits per heavy atom. The van der Waals surface area contributed by atoms with E-state index in [-0.39, 0.29) is 11.7 Å². The topological polar surface area (TPSA) is 171 Å². The minimum absolute atomic E-state index is 0.224. The SMILES string of the molecule is O=C(Nc1nc(CCCc2ncc[nH]2)nc2c1ncn2[C@@H]1O[C@H](CO)C(O)C1O)c1ccccc1. The molecule has 1 aliphatic heterocycles. The van der Waals surface area contributed by atoms with E-state index in [0.717, 1.165) is 5.82 Å². The van der Waals surface area contributed by atoms with Crippen LogP contribution in [0.2, 0.25) is 0 Å². The number of hydrogen-bond donors (Lipinski definition) is 5. The smallest absolute Gasteiger partial charge is 0.256 e. The van der Waals surface area contributed by atoms with E-state index in [2.05, 4.69) is 30.2 Å². The number of aromatic nitrogens is 6. The molecule has 5 rings (SSSR count). The van der Waals surface area contributed by atoms with Gasteiger partial charge in [0.1, 0.15) is 30.0 Å². The third-order valence-corrected chi connectivity index (χ3v) is 5.90. The first kappa shape index (κ1) is 23.1. The summed E-state index contributed by atoms with van der Waals surface area (Å²) in [5, 5.41) is 33.0. The maximum atomic E-state index is 12.8. The third-order valence-electron chi connectivity index (χ3n) is 5.90. The van der Waals surface area contributed by atoms with Crippen LogP contribution in [0.1, 0.15) is 34.7 Å². The number of H-pyrrole nitrogens is 1. The van der Waals surface area contributed by atoms with Gasteiger partial charge in [0.05, 0.1) is 12.9 Å². The molecule has 1 aromatic carbocycles. The Hall–Kier alpha value is -3.71. The number of imidazole rings is 2. The first-order chi connectivity index (χ1) is 17.0. The fourth-order valence-corrected chi connectivity index (χ4v) is 4.07. The average Bonchev–Trinajstić information content (AvgIpc) is 3.60. The highest BCUT2D eigenvalue weighted by atomic mass is 16.6. The van der Waals surface area contributed by atoms with Gasteiger partial charge in [-0.2, -0.15) is 0 Å². The lowest BCUT2D eigenvalue weighted by Crippen LogP contribution is -2.33. The van der Waals surface area contributed by atoms with E-state index in [4.69, 9.17) is 4.74 Å². The summed E-state index contributed by atoms with van der Waals surface area (Å²) in [6.45, 7) is -0.452. The summed E-state index contributed by atoms with van der Waals surface area (Å²) in [6, 6.07) is 8.73. The van der Waals surface area contributed by atoms with Gasteiger partial charge < -0.3 is 30.4 Å². The monoisotopic (exact) mass is 479 g/mol. The van der Waals surface area contributed by atoms with Crippen molar-refractivity contribution in [2.24, 2.45) is 0 Å². The Morgan fingerprint density at radius 3 is 2.66 bits per heavy atom. The highest BCUT2D eigenvalue weighted by Gasteiger charge is 2.44. The van der Waals surface area contributed by atoms with Crippen LogP contribution in [0.3, 0.4) is 0 Å². The van der Waals surface area contributed by atoms with Crippen LogP contribution in [0, 0.1) is 0 Å². The van der Waals surface area contributed by atoms with E-state index in [9.17, 15) is 20.1 Å². The molecule has 0 radical (unpaired) electrons. The second kappa shape index (κ2) is 9.88. The Bertz CT molecular complexity index is 1290. The van der Waals surface area contributed by atoms with Crippen LogP contribution in [-0.4, -0.2) is 75.6 Å². The van der Waals surface area contributed by atoms with E-state index in [0.29, 0.717) is 41.8 Å². The van der Waals surface area contributed by atoms with Gasteiger partial charge in [0.2, 0.25) is 0 Å². The van der Waals surface area contributed by atoms with E-state index in [1.807, 2.05) is 6.07 Å². The van der Waals surface area contributed by atoms with Crippen LogP contribution >= 0.6 is 0 Å². The van der Waals surface area contributed by atoms with E-state index < -0.39 is 31.1 Å². The number of benzene rings is 1. The molecular weight excluding hydrogens is 454 g/mol. The number of rotatable bonds is 8. The van der Waals surface area contributed by atoms with Crippen molar-refractivity contribution in [3.8, 4) is 0 Å². The predicted octanol–water partition coefficient (Wildman–Crippen LogP) is 0.588. The number of ether oxygens (including phenoxy) is 1. The van der Waals surface area contributed by atoms with Gasteiger partial charge in [0.15, 0.2) is 23.2 Å². The van der Waals surface area contributed by atoms with Crippen molar-refractivity contribution in [1.82, 2.24) is 29.5 Å². The zero-order valence-electron chi connectivity index (χ0n) is 18.7. The molecule has 1 aliphatic rings. The molecule has 12 heteroatoms. The molecule has 1 amide bonds. The van der Waals surface area contributed by atoms with Gasteiger partial charge in [-0.15, -0.1) is 0 Å². The summed E-state index contributed by atoms with van der Waals surface area (Å²) < 4.78 is 7.14. The van der Waals surface area contributed by atoms with Gasteiger partial charge in [-0.05, 0) is 18.6 Å². The molecule has 1 fully saturated rings. The van der Waals surface area contributed by atoms with Crippen LogP contribution in [0.15, 0.2) is 49.1 Å². The highest BCUT2D eigenvalue weighted by Crippen LogP contribution is 2.32. The van der Waals surface area contributed by atoms with Gasteiger partial charge in [0, 0.05) is 30.8 Å². The molecule has 3 aromatic heterocycles. The number of nitrogens with zero attached hydrogens (tertiary/aromatic N) is 5. The second-order valence-corrected chi connectivity index (χ2v) is 8.25. The van der Waals surface area contributed by atoms with Crippen molar-refractivity contribution in [3.05, 3.63) is 66.3 Å². The fraction of sp³-hybridized carbons (Fsp3) is 0.348. The van der Waals surface area contributed by atoms with Crippen LogP contribution in [-0.2, 0) is 17.6 Å². The Balaban J connectivity index is 1.48. The number of aromatic amines is 1. The van der Waals surface area contributed by atoms with E-state index in [1.165, 1.54) is 10.9 Å². The van der Waals surface area contributed by atoms with Crippen molar-refractivity contribution >= 4 is 22.9 Å². The third kappa shape index (κ3) is 4.64. The number of carbonyl (C=O) groups is 1. The summed E-state index contributed by atoms with van der Waals surface area (Å²) in [6.07, 6.45) is 2.20. The van der Waals surface area contributed by atoms with Crippen LogP contribution in [0.25, 0.3) is 11.2 Å². The molecule has 4 heterocycles. The second-order valence-electron chi connectivity index (χ2n) is 8.25. The van der Waals surface area contributed by atoms with Crippen LogP contribution in [0.5, 0.6) is 0 Å². The molecule has 12 nitrogen and oxygen atoms in total. The standard InChI is InChI=1S/C23H25N7O5/c31-11-14-18(32)19(33)23(35-14)30-12-26-17-20(29-22(34)13-5-2-1-3-6-13)27-16(28-21(17)30)8-4-7-15-24-9-10-25-15/h1-3,5-6,9-10,12,14,18-19,23,31-33H,4,7-8,11H2,(H,24,25)(H,27,28,29,34)/t14-,18?,19?,23-/m1/s1. The van der Waals surface area contributed by atoms with Gasteiger partial charge in [-0.1, -0.05) is 18.2 Å². The van der Waals surface area contributed by atoms with Crippen molar-refractivity contribution in [1.29, 1.82) is 0 Å². The molecule has 0 spiro atoms. The summed E-state index contributed by atoms with van der Waals surface area (Å²) in [4.78, 5) is 33.6. The van der Waals surface area contributed by atoms with Crippen LogP contribution < -0.4 is 5.32 Å². The minimum Gasteiger partial charge on any atom is -0.394 e. The summed E-state index contributed by atoms with van der Waals surface area (Å²) in [5.74, 6) is 1.18. The van der Waals surface area contributed by atoms with Crippen molar-refractivity contribution in [2.45, 2.75) is 43.8 Å². The first-order valence-electron chi connectivity index (χ1n) is 11.3. The number of anilines is 1. The molecule has 4 atom stereocenters. The lowest BCUT2D eigenvalue weighted by Gasteiger charge is -2.17. The number of aliphatic hydroxyl groups excluding tert-OH is 3. The van der Waals surface area contributed by atoms with Crippen molar-refractivity contribution in [3.63, 3.8) is 0 Å². The van der Waals surface area contributed by atoms with Gasteiger partial charge >= 0.3 is 0 Å². The number of carbonyl (C=O) groups excluding carboxylic acids is 1. The van der Waals surface area contributed by atoms with Gasteiger partial charge in [-0.3, -0.25) is 9.36 Å². The molecule has 0 bridgehead atoms. The zero-order valence-corrected chi connectivity index (χ0v) is 18.7. The summed E-state index contributed by atoms with van der Waals surface area (Å²) in [5.41, 5.74) is 1.09.